The Labute approximate surface area is 182 Å². The van der Waals surface area contributed by atoms with Crippen LogP contribution in [-0.2, 0) is 19.5 Å². The Kier molecular flexibility index (Phi) is 6.62. The van der Waals surface area contributed by atoms with Gasteiger partial charge in [-0.05, 0) is 42.7 Å². The number of guanidine groups is 1. The lowest BCUT2D eigenvalue weighted by molar-refractivity contribution is 0.680. The summed E-state index contributed by atoms with van der Waals surface area (Å²) in [4.78, 5) is 9.55. The maximum atomic E-state index is 4.80. The van der Waals surface area contributed by atoms with E-state index >= 15 is 0 Å². The van der Waals surface area contributed by atoms with Crippen molar-refractivity contribution >= 4 is 11.6 Å². The van der Waals surface area contributed by atoms with Crippen molar-refractivity contribution in [1.82, 2.24) is 29.8 Å². The number of hydrogen-bond donors (Lipinski definition) is 2. The molecule has 0 radical (unpaired) electrons. The fourth-order valence-corrected chi connectivity index (χ4v) is 3.57. The average Bonchev–Trinajstić information content (AvgIpc) is 3.43. The molecule has 0 atom stereocenters. The molecule has 4 rings (SSSR count). The topological polar surface area (TPSA) is 71.5 Å². The molecule has 0 amide bonds. The van der Waals surface area contributed by atoms with Gasteiger partial charge in [0, 0.05) is 44.3 Å². The quantitative estimate of drug-likeness (QED) is 0.342. The Morgan fingerprint density at radius 1 is 1.03 bits per heavy atom. The minimum Gasteiger partial charge on any atom is -0.357 e. The van der Waals surface area contributed by atoms with Gasteiger partial charge in [-0.3, -0.25) is 4.68 Å². The van der Waals surface area contributed by atoms with Crippen molar-refractivity contribution in [2.45, 2.75) is 33.4 Å². The van der Waals surface area contributed by atoms with Crippen molar-refractivity contribution in [3.8, 4) is 0 Å². The molecule has 0 spiro atoms. The largest absolute Gasteiger partial charge is 0.357 e. The second-order valence-corrected chi connectivity index (χ2v) is 7.50. The minimum absolute atomic E-state index is 0.611. The summed E-state index contributed by atoms with van der Waals surface area (Å²) in [7, 11) is 0. The van der Waals surface area contributed by atoms with E-state index in [1.54, 1.807) is 6.20 Å². The number of aliphatic imine (C=N–C) groups is 1. The smallest absolute Gasteiger partial charge is 0.191 e. The van der Waals surface area contributed by atoms with E-state index < -0.39 is 0 Å². The normalized spacial score (nSPS) is 11.7. The van der Waals surface area contributed by atoms with Gasteiger partial charge in [-0.15, -0.1) is 0 Å². The molecular formula is C24H29N7. The zero-order chi connectivity index (χ0) is 21.5. The SMILES string of the molecule is CCNC(=NCc1ccccc1Cn1cccn1)NCCc1cn2cccc(C)c2n1. The monoisotopic (exact) mass is 415 g/mol. The van der Waals surface area contributed by atoms with Crippen molar-refractivity contribution in [1.29, 1.82) is 0 Å². The molecule has 4 aromatic rings. The number of imidazole rings is 1. The first kappa shape index (κ1) is 20.7. The average molecular weight is 416 g/mol. The van der Waals surface area contributed by atoms with Gasteiger partial charge in [-0.25, -0.2) is 9.98 Å². The maximum Gasteiger partial charge on any atom is 0.191 e. The standard InChI is InChI=1S/C24H29N7/c1-3-25-24(26-13-11-22-18-30-14-6-8-19(2)23(30)29-22)27-16-20-9-4-5-10-21(20)17-31-15-7-12-28-31/h4-10,12,14-15,18H,3,11,13,16-17H2,1-2H3,(H2,25,26,27). The second-order valence-electron chi connectivity index (χ2n) is 7.50. The number of aromatic nitrogens is 4. The molecule has 0 aliphatic carbocycles. The van der Waals surface area contributed by atoms with Crippen molar-refractivity contribution in [3.63, 3.8) is 0 Å². The van der Waals surface area contributed by atoms with Crippen LogP contribution in [0.4, 0.5) is 0 Å². The summed E-state index contributed by atoms with van der Waals surface area (Å²) in [5, 5.41) is 11.1. The van der Waals surface area contributed by atoms with Crippen LogP contribution in [-0.4, -0.2) is 38.2 Å². The van der Waals surface area contributed by atoms with E-state index in [9.17, 15) is 0 Å². The number of benzene rings is 1. The highest BCUT2D eigenvalue weighted by atomic mass is 15.3. The van der Waals surface area contributed by atoms with Gasteiger partial charge in [-0.1, -0.05) is 30.3 Å². The first-order valence-corrected chi connectivity index (χ1v) is 10.7. The Bertz CT molecular complexity index is 1140. The third-order valence-corrected chi connectivity index (χ3v) is 5.16. The molecule has 160 valence electrons. The molecule has 7 heteroatoms. The van der Waals surface area contributed by atoms with E-state index in [1.165, 1.54) is 16.7 Å². The van der Waals surface area contributed by atoms with E-state index in [1.807, 2.05) is 29.2 Å². The molecule has 2 N–H and O–H groups in total. The first-order chi connectivity index (χ1) is 15.2. The third-order valence-electron chi connectivity index (χ3n) is 5.16. The van der Waals surface area contributed by atoms with Crippen LogP contribution in [0.15, 0.2) is 72.2 Å². The Hall–Kier alpha value is -3.61. The van der Waals surface area contributed by atoms with E-state index in [0.717, 1.165) is 43.4 Å². The Morgan fingerprint density at radius 2 is 1.90 bits per heavy atom. The van der Waals surface area contributed by atoms with Gasteiger partial charge in [0.1, 0.15) is 5.65 Å². The summed E-state index contributed by atoms with van der Waals surface area (Å²) >= 11 is 0. The summed E-state index contributed by atoms with van der Waals surface area (Å²) in [5.74, 6) is 0.816. The lowest BCUT2D eigenvalue weighted by atomic mass is 10.1. The number of rotatable bonds is 8. The zero-order valence-electron chi connectivity index (χ0n) is 18.1. The molecule has 0 unspecified atom stereocenters. The summed E-state index contributed by atoms with van der Waals surface area (Å²) in [6.07, 6.45) is 8.75. The van der Waals surface area contributed by atoms with E-state index in [-0.39, 0.29) is 0 Å². The van der Waals surface area contributed by atoms with Gasteiger partial charge < -0.3 is 15.0 Å². The summed E-state index contributed by atoms with van der Waals surface area (Å²) in [6.45, 7) is 7.10. The minimum atomic E-state index is 0.611. The van der Waals surface area contributed by atoms with Crippen LogP contribution in [0.1, 0.15) is 29.3 Å². The summed E-state index contributed by atoms with van der Waals surface area (Å²) in [6, 6.07) is 14.5. The van der Waals surface area contributed by atoms with Crippen LogP contribution in [0, 0.1) is 6.92 Å². The van der Waals surface area contributed by atoms with E-state index in [0.29, 0.717) is 6.54 Å². The van der Waals surface area contributed by atoms with Gasteiger partial charge in [0.15, 0.2) is 5.96 Å². The molecule has 0 saturated carbocycles. The van der Waals surface area contributed by atoms with Gasteiger partial charge in [-0.2, -0.15) is 5.10 Å². The van der Waals surface area contributed by atoms with Crippen LogP contribution in [0.2, 0.25) is 0 Å². The zero-order valence-corrected chi connectivity index (χ0v) is 18.1. The van der Waals surface area contributed by atoms with Gasteiger partial charge in [0.2, 0.25) is 0 Å². The lowest BCUT2D eigenvalue weighted by Crippen LogP contribution is -2.38. The van der Waals surface area contributed by atoms with E-state index in [4.69, 9.17) is 9.98 Å². The van der Waals surface area contributed by atoms with Crippen LogP contribution >= 0.6 is 0 Å². The number of pyridine rings is 1. The molecule has 31 heavy (non-hydrogen) atoms. The molecular weight excluding hydrogens is 386 g/mol. The van der Waals surface area contributed by atoms with Crippen LogP contribution < -0.4 is 10.6 Å². The van der Waals surface area contributed by atoms with Crippen molar-refractivity contribution in [3.05, 3.63) is 89.6 Å². The van der Waals surface area contributed by atoms with Crippen molar-refractivity contribution in [2.24, 2.45) is 4.99 Å². The highest BCUT2D eigenvalue weighted by Crippen LogP contribution is 2.12. The predicted octanol–water partition coefficient (Wildman–Crippen LogP) is 3.19. The van der Waals surface area contributed by atoms with Crippen LogP contribution in [0.5, 0.6) is 0 Å². The first-order valence-electron chi connectivity index (χ1n) is 10.7. The molecule has 0 aliphatic heterocycles. The molecule has 0 saturated heterocycles. The predicted molar refractivity (Wildman–Crippen MR) is 124 cm³/mol. The third kappa shape index (κ3) is 5.31. The molecule has 0 fully saturated rings. The summed E-state index contributed by atoms with van der Waals surface area (Å²) < 4.78 is 4.02. The number of nitrogens with zero attached hydrogens (tertiary/aromatic N) is 5. The van der Waals surface area contributed by atoms with Crippen LogP contribution in [0.3, 0.4) is 0 Å². The second kappa shape index (κ2) is 9.93. The number of nitrogens with one attached hydrogen (secondary N) is 2. The number of hydrogen-bond acceptors (Lipinski definition) is 3. The maximum absolute atomic E-state index is 4.80. The molecule has 3 heterocycles. The molecule has 7 nitrogen and oxygen atoms in total. The Balaban J connectivity index is 1.39. The van der Waals surface area contributed by atoms with Crippen LogP contribution in [0.25, 0.3) is 5.65 Å². The highest BCUT2D eigenvalue weighted by molar-refractivity contribution is 5.79. The molecule has 3 aromatic heterocycles. The van der Waals surface area contributed by atoms with Gasteiger partial charge in [0.05, 0.1) is 18.8 Å². The fourth-order valence-electron chi connectivity index (χ4n) is 3.57. The lowest BCUT2D eigenvalue weighted by Gasteiger charge is -2.12. The summed E-state index contributed by atoms with van der Waals surface area (Å²) in [5.41, 5.74) is 5.70. The Morgan fingerprint density at radius 3 is 2.68 bits per heavy atom. The van der Waals surface area contributed by atoms with Crippen molar-refractivity contribution in [2.75, 3.05) is 13.1 Å². The van der Waals surface area contributed by atoms with E-state index in [2.05, 4.69) is 70.5 Å². The van der Waals surface area contributed by atoms with Crippen molar-refractivity contribution < 1.29 is 0 Å². The number of fused-ring (bicyclic) bond motifs is 1. The highest BCUT2D eigenvalue weighted by Gasteiger charge is 2.06. The fraction of sp³-hybridized carbons (Fsp3) is 0.292. The number of aryl methyl sites for hydroxylation is 1. The van der Waals surface area contributed by atoms with Gasteiger partial charge >= 0.3 is 0 Å². The molecule has 1 aromatic carbocycles. The molecule has 0 aliphatic rings. The molecule has 0 bridgehead atoms. The van der Waals surface area contributed by atoms with Gasteiger partial charge in [0.25, 0.3) is 0 Å².